The number of benzene rings is 1. The predicted octanol–water partition coefficient (Wildman–Crippen LogP) is 7.58. The van der Waals surface area contributed by atoms with Crippen LogP contribution >= 0.6 is 34.8 Å². The van der Waals surface area contributed by atoms with E-state index in [0.717, 1.165) is 17.5 Å². The zero-order valence-corrected chi connectivity index (χ0v) is 22.8. The highest BCUT2D eigenvalue weighted by atomic mass is 35.5. The van der Waals surface area contributed by atoms with E-state index in [0.29, 0.717) is 30.7 Å². The Morgan fingerprint density at radius 2 is 1.59 bits per heavy atom. The monoisotopic (exact) mass is 644 g/mol. The van der Waals surface area contributed by atoms with Crippen LogP contribution in [0.2, 0.25) is 15.2 Å². The molecule has 3 aromatic rings. The third kappa shape index (κ3) is 5.73. The molecule has 1 saturated carbocycles. The van der Waals surface area contributed by atoms with E-state index < -0.39 is 33.6 Å². The number of hydrogen-bond donors (Lipinski definition) is 0. The van der Waals surface area contributed by atoms with E-state index in [1.165, 1.54) is 24.7 Å². The van der Waals surface area contributed by atoms with Crippen molar-refractivity contribution < 1.29 is 40.3 Å². The highest BCUT2D eigenvalue weighted by Gasteiger charge is 2.73. The minimum absolute atomic E-state index is 0.0230. The second-order valence-corrected chi connectivity index (χ2v) is 10.8. The third-order valence-electron chi connectivity index (χ3n) is 6.75. The maximum atomic E-state index is 14.5. The fourth-order valence-electron chi connectivity index (χ4n) is 4.33. The molecule has 3 heterocycles. The molecule has 0 bridgehead atoms. The van der Waals surface area contributed by atoms with Crippen LogP contribution in [0.3, 0.4) is 0 Å². The van der Waals surface area contributed by atoms with E-state index in [9.17, 15) is 35.5 Å². The first-order valence-electron chi connectivity index (χ1n) is 12.1. The van der Waals surface area contributed by atoms with Gasteiger partial charge in [-0.3, -0.25) is 4.79 Å². The third-order valence-corrected chi connectivity index (χ3v) is 7.63. The molecule has 0 radical (unpaired) electrons. The summed E-state index contributed by atoms with van der Waals surface area (Å²) in [5.41, 5.74) is -6.98. The Morgan fingerprint density at radius 1 is 0.976 bits per heavy atom. The number of epoxide rings is 1. The molecule has 1 aliphatic heterocycles. The standard InChI is InChI=1S/C25H18Cl3F7N4O2/c26-18-6-14(23(29,24(30,31)32)25(33,34)35)7-19(27)20(18)39-10-13(9-37-39)12-5-17(21(28)36-8-12)22(40)38(15-1-2-15)4-3-16-11-41-16/h5-10,15-16H,1-4,11H2. The molecule has 0 spiro atoms. The van der Waals surface area contributed by atoms with Crippen LogP contribution in [0.1, 0.15) is 35.2 Å². The van der Waals surface area contributed by atoms with Crippen LogP contribution in [0.5, 0.6) is 0 Å². The number of ether oxygens (including phenoxy) is 1. The fraction of sp³-hybridized carbons (Fsp3) is 0.400. The van der Waals surface area contributed by atoms with Gasteiger partial charge in [0.2, 0.25) is 0 Å². The van der Waals surface area contributed by atoms with E-state index in [1.54, 1.807) is 4.90 Å². The summed E-state index contributed by atoms with van der Waals surface area (Å²) in [4.78, 5) is 19.2. The predicted molar refractivity (Wildman–Crippen MR) is 135 cm³/mol. The second-order valence-electron chi connectivity index (χ2n) is 9.65. The lowest BCUT2D eigenvalue weighted by molar-refractivity contribution is -0.348. The zero-order chi connectivity index (χ0) is 29.9. The number of nitrogens with zero attached hydrogens (tertiary/aromatic N) is 4. The highest BCUT2D eigenvalue weighted by molar-refractivity contribution is 6.38. The molecule has 41 heavy (non-hydrogen) atoms. The van der Waals surface area contributed by atoms with Gasteiger partial charge in [0, 0.05) is 41.7 Å². The van der Waals surface area contributed by atoms with Crippen molar-refractivity contribution in [1.82, 2.24) is 19.7 Å². The number of halogens is 10. The van der Waals surface area contributed by atoms with Crippen molar-refractivity contribution in [2.45, 2.75) is 49.4 Å². The Bertz CT molecular complexity index is 1450. The summed E-state index contributed by atoms with van der Waals surface area (Å²) >= 11 is 18.3. The first-order chi connectivity index (χ1) is 19.1. The summed E-state index contributed by atoms with van der Waals surface area (Å²) in [6, 6.07) is 1.99. The van der Waals surface area contributed by atoms with Gasteiger partial charge in [0.15, 0.2) is 0 Å². The molecule has 6 nitrogen and oxygen atoms in total. The van der Waals surface area contributed by atoms with Gasteiger partial charge >= 0.3 is 18.0 Å². The summed E-state index contributed by atoms with van der Waals surface area (Å²) in [5, 5.41) is 2.58. The first-order valence-corrected chi connectivity index (χ1v) is 13.2. The lowest BCUT2D eigenvalue weighted by Gasteiger charge is -2.30. The van der Waals surface area contributed by atoms with E-state index in [-0.39, 0.29) is 46.6 Å². The smallest absolute Gasteiger partial charge is 0.373 e. The summed E-state index contributed by atoms with van der Waals surface area (Å²) in [6.07, 6.45) is -6.17. The van der Waals surface area contributed by atoms with Crippen molar-refractivity contribution >= 4 is 40.7 Å². The Balaban J connectivity index is 1.45. The molecule has 1 aromatic carbocycles. The summed E-state index contributed by atoms with van der Waals surface area (Å²) in [5.74, 6) is -0.314. The lowest BCUT2D eigenvalue weighted by atomic mass is 9.94. The summed E-state index contributed by atoms with van der Waals surface area (Å²) in [6.45, 7) is 1.15. The van der Waals surface area contributed by atoms with Crippen LogP contribution in [0.25, 0.3) is 16.8 Å². The number of carbonyl (C=O) groups is 1. The van der Waals surface area contributed by atoms with Gasteiger partial charge in [-0.05, 0) is 37.5 Å². The molecule has 1 atom stereocenters. The summed E-state index contributed by atoms with van der Waals surface area (Å²) in [7, 11) is 0. The van der Waals surface area contributed by atoms with Crippen molar-refractivity contribution in [2.75, 3.05) is 13.2 Å². The maximum absolute atomic E-state index is 14.5. The van der Waals surface area contributed by atoms with Crippen LogP contribution in [0.15, 0.2) is 36.8 Å². The Morgan fingerprint density at radius 3 is 2.12 bits per heavy atom. The van der Waals surface area contributed by atoms with Gasteiger partial charge in [-0.2, -0.15) is 31.4 Å². The lowest BCUT2D eigenvalue weighted by Crippen LogP contribution is -2.50. The number of hydrogen-bond acceptors (Lipinski definition) is 4. The topological polar surface area (TPSA) is 63.6 Å². The number of rotatable bonds is 8. The van der Waals surface area contributed by atoms with Crippen molar-refractivity contribution in [2.24, 2.45) is 0 Å². The van der Waals surface area contributed by atoms with Crippen LogP contribution in [-0.2, 0) is 10.4 Å². The minimum Gasteiger partial charge on any atom is -0.373 e. The molecule has 5 rings (SSSR count). The van der Waals surface area contributed by atoms with E-state index in [2.05, 4.69) is 10.1 Å². The first kappa shape index (κ1) is 29.9. The quantitative estimate of drug-likeness (QED) is 0.144. The van der Waals surface area contributed by atoms with Crippen molar-refractivity contribution in [3.8, 4) is 16.8 Å². The van der Waals surface area contributed by atoms with Gasteiger partial charge in [-0.15, -0.1) is 0 Å². The molecule has 1 aliphatic carbocycles. The highest BCUT2D eigenvalue weighted by Crippen LogP contribution is 2.54. The number of pyridine rings is 1. The molecule has 0 N–H and O–H groups in total. The Labute approximate surface area is 242 Å². The molecule has 2 aliphatic rings. The largest absolute Gasteiger partial charge is 0.435 e. The van der Waals surface area contributed by atoms with E-state index >= 15 is 0 Å². The van der Waals surface area contributed by atoms with Gasteiger partial charge in [-0.25, -0.2) is 14.1 Å². The molecule has 2 aromatic heterocycles. The van der Waals surface area contributed by atoms with Crippen molar-refractivity contribution in [3.63, 3.8) is 0 Å². The van der Waals surface area contributed by atoms with Gasteiger partial charge in [0.05, 0.1) is 34.5 Å². The summed E-state index contributed by atoms with van der Waals surface area (Å²) < 4.78 is 100. The average molecular weight is 646 g/mol. The van der Waals surface area contributed by atoms with Crippen molar-refractivity contribution in [1.29, 1.82) is 0 Å². The van der Waals surface area contributed by atoms with Gasteiger partial charge < -0.3 is 9.64 Å². The van der Waals surface area contributed by atoms with Gasteiger partial charge in [0.25, 0.3) is 5.91 Å². The average Bonchev–Trinajstić information content (AvgIpc) is 3.81. The Kier molecular flexibility index (Phi) is 7.71. The molecular weight excluding hydrogens is 628 g/mol. The molecule has 1 saturated heterocycles. The molecule has 2 fully saturated rings. The SMILES string of the molecule is O=C(c1cc(-c2cnn(-c3c(Cl)cc(C(F)(C(F)(F)F)C(F)(F)F)cc3Cl)c2)cnc1Cl)N(CCC1CO1)C1CC1. The number of amides is 1. The molecular formula is C25H18Cl3F7N4O2. The minimum atomic E-state index is -6.34. The van der Waals surface area contributed by atoms with E-state index in [4.69, 9.17) is 39.5 Å². The van der Waals surface area contributed by atoms with Crippen LogP contribution in [0.4, 0.5) is 30.7 Å². The van der Waals surface area contributed by atoms with Crippen LogP contribution < -0.4 is 0 Å². The van der Waals surface area contributed by atoms with E-state index in [1.807, 2.05) is 0 Å². The van der Waals surface area contributed by atoms with Gasteiger partial charge in [-0.1, -0.05) is 34.8 Å². The maximum Gasteiger partial charge on any atom is 0.435 e. The van der Waals surface area contributed by atoms with Crippen LogP contribution in [-0.4, -0.2) is 63.2 Å². The molecule has 220 valence electrons. The fourth-order valence-corrected chi connectivity index (χ4v) is 5.17. The zero-order valence-electron chi connectivity index (χ0n) is 20.5. The van der Waals surface area contributed by atoms with Gasteiger partial charge in [0.1, 0.15) is 10.8 Å². The van der Waals surface area contributed by atoms with Crippen LogP contribution in [0, 0.1) is 0 Å². The molecule has 16 heteroatoms. The van der Waals surface area contributed by atoms with Crippen molar-refractivity contribution in [3.05, 3.63) is 63.1 Å². The Hall–Kier alpha value is -2.61. The number of alkyl halides is 7. The number of carbonyl (C=O) groups excluding carboxylic acids is 1. The number of aromatic nitrogens is 3. The molecule has 1 amide bonds. The second kappa shape index (κ2) is 10.6. The normalized spacial score (nSPS) is 17.6. The molecule has 1 unspecified atom stereocenters.